The van der Waals surface area contributed by atoms with E-state index in [9.17, 15) is 9.90 Å². The Hall–Kier alpha value is -3.39. The Morgan fingerprint density at radius 1 is 1.34 bits per heavy atom. The van der Waals surface area contributed by atoms with Crippen LogP contribution in [0, 0.1) is 0 Å². The van der Waals surface area contributed by atoms with Crippen molar-refractivity contribution in [3.63, 3.8) is 0 Å². The molecule has 1 unspecified atom stereocenters. The predicted molar refractivity (Wildman–Crippen MR) is 119 cm³/mol. The van der Waals surface area contributed by atoms with Crippen LogP contribution in [0.25, 0.3) is 33.7 Å². The Morgan fingerprint density at radius 3 is 2.94 bits per heavy atom. The van der Waals surface area contributed by atoms with Crippen molar-refractivity contribution in [1.82, 2.24) is 20.1 Å². The number of aliphatic carboxylic acids is 1. The average molecular weight is 453 g/mol. The van der Waals surface area contributed by atoms with E-state index in [4.69, 9.17) is 20.9 Å². The van der Waals surface area contributed by atoms with Gasteiger partial charge in [-0.3, -0.25) is 4.79 Å². The molecule has 2 N–H and O–H groups in total. The molecule has 0 spiro atoms. The van der Waals surface area contributed by atoms with Crippen molar-refractivity contribution in [1.29, 1.82) is 0 Å². The molecule has 32 heavy (non-hydrogen) atoms. The second kappa shape index (κ2) is 7.94. The molecule has 1 aliphatic carbocycles. The van der Waals surface area contributed by atoms with Gasteiger partial charge in [0.05, 0.1) is 18.1 Å². The summed E-state index contributed by atoms with van der Waals surface area (Å²) >= 11 is 6.28. The molecule has 0 saturated carbocycles. The average Bonchev–Trinajstić information content (AvgIpc) is 3.45. The Balaban J connectivity index is 1.45. The summed E-state index contributed by atoms with van der Waals surface area (Å²) in [5.41, 5.74) is 4.60. The third-order valence-electron chi connectivity index (χ3n) is 5.60. The van der Waals surface area contributed by atoms with E-state index in [-0.39, 0.29) is 18.4 Å². The van der Waals surface area contributed by atoms with Gasteiger partial charge in [0, 0.05) is 34.3 Å². The molecule has 4 aromatic rings. The number of hydrogen-bond donors (Lipinski definition) is 2. The van der Waals surface area contributed by atoms with Gasteiger partial charge in [-0.25, -0.2) is 4.98 Å². The number of benzene rings is 1. The molecule has 1 atom stereocenters. The number of aromatic nitrogens is 4. The van der Waals surface area contributed by atoms with Gasteiger partial charge in [0.1, 0.15) is 5.02 Å². The van der Waals surface area contributed by atoms with Crippen molar-refractivity contribution in [2.75, 3.05) is 0 Å². The van der Waals surface area contributed by atoms with Crippen LogP contribution in [0.5, 0.6) is 5.88 Å². The van der Waals surface area contributed by atoms with E-state index in [1.54, 1.807) is 12.3 Å². The lowest BCUT2D eigenvalue weighted by molar-refractivity contribution is -0.137. The molecule has 0 bridgehead atoms. The lowest BCUT2D eigenvalue weighted by Gasteiger charge is -2.09. The summed E-state index contributed by atoms with van der Waals surface area (Å²) in [7, 11) is 0. The van der Waals surface area contributed by atoms with Crippen molar-refractivity contribution in [3.8, 4) is 28.7 Å². The van der Waals surface area contributed by atoms with Crippen LogP contribution >= 0.6 is 11.6 Å². The van der Waals surface area contributed by atoms with Crippen molar-refractivity contribution in [2.24, 2.45) is 0 Å². The lowest BCUT2D eigenvalue weighted by Crippen LogP contribution is -2.07. The molecule has 3 aromatic heterocycles. The molecule has 1 aromatic carbocycles. The van der Waals surface area contributed by atoms with Gasteiger partial charge < -0.3 is 19.4 Å². The molecular formula is C23H21ClN4O4. The minimum absolute atomic E-state index is 0.0232. The summed E-state index contributed by atoms with van der Waals surface area (Å²) in [4.78, 5) is 23.3. The first-order valence-electron chi connectivity index (χ1n) is 10.4. The summed E-state index contributed by atoms with van der Waals surface area (Å²) < 4.78 is 11.0. The third-order valence-corrected chi connectivity index (χ3v) is 5.87. The number of nitrogens with zero attached hydrogens (tertiary/aromatic N) is 3. The maximum atomic E-state index is 11.2. The first-order chi connectivity index (χ1) is 15.4. The van der Waals surface area contributed by atoms with E-state index < -0.39 is 5.97 Å². The summed E-state index contributed by atoms with van der Waals surface area (Å²) in [5, 5.41) is 14.7. The zero-order valence-corrected chi connectivity index (χ0v) is 18.3. The normalized spacial score (nSPS) is 15.4. The lowest BCUT2D eigenvalue weighted by atomic mass is 10.0. The number of hydrogen-bond acceptors (Lipinski definition) is 6. The topological polar surface area (TPSA) is 114 Å². The zero-order chi connectivity index (χ0) is 22.4. The van der Waals surface area contributed by atoms with Gasteiger partial charge in [-0.05, 0) is 56.5 Å². The van der Waals surface area contributed by atoms with Gasteiger partial charge in [-0.15, -0.1) is 0 Å². The fourth-order valence-electron chi connectivity index (χ4n) is 4.21. The third kappa shape index (κ3) is 3.71. The van der Waals surface area contributed by atoms with Crippen LogP contribution in [0.3, 0.4) is 0 Å². The number of aryl methyl sites for hydroxylation is 1. The van der Waals surface area contributed by atoms with Crippen LogP contribution in [0.1, 0.15) is 43.9 Å². The summed E-state index contributed by atoms with van der Waals surface area (Å²) in [6.07, 6.45) is 3.38. The second-order valence-corrected chi connectivity index (χ2v) is 8.62. The molecule has 0 radical (unpaired) electrons. The maximum Gasteiger partial charge on any atom is 0.304 e. The van der Waals surface area contributed by atoms with Gasteiger partial charge >= 0.3 is 5.97 Å². The number of carboxylic acids is 1. The highest BCUT2D eigenvalue weighted by atomic mass is 35.5. The largest absolute Gasteiger partial charge is 0.481 e. The quantitative estimate of drug-likeness (QED) is 0.412. The van der Waals surface area contributed by atoms with Gasteiger partial charge in [0.15, 0.2) is 0 Å². The highest BCUT2D eigenvalue weighted by Crippen LogP contribution is 2.40. The van der Waals surface area contributed by atoms with E-state index in [1.165, 1.54) is 5.56 Å². The first-order valence-corrected chi connectivity index (χ1v) is 10.8. The molecule has 0 amide bonds. The van der Waals surface area contributed by atoms with Crippen LogP contribution in [-0.4, -0.2) is 37.3 Å². The number of aromatic amines is 1. The van der Waals surface area contributed by atoms with E-state index in [0.717, 1.165) is 35.0 Å². The van der Waals surface area contributed by atoms with Crippen LogP contribution in [-0.2, 0) is 11.2 Å². The smallest absolute Gasteiger partial charge is 0.304 e. The Bertz CT molecular complexity index is 1330. The molecule has 0 aliphatic heterocycles. The summed E-state index contributed by atoms with van der Waals surface area (Å²) in [5.74, 6) is 0.370. The number of fused-ring (bicyclic) bond motifs is 3. The number of carbonyl (C=O) groups is 1. The Morgan fingerprint density at radius 2 is 2.19 bits per heavy atom. The molecule has 164 valence electrons. The van der Waals surface area contributed by atoms with E-state index in [2.05, 4.69) is 20.1 Å². The van der Waals surface area contributed by atoms with Crippen molar-refractivity contribution < 1.29 is 19.2 Å². The van der Waals surface area contributed by atoms with Gasteiger partial charge in [-0.1, -0.05) is 16.8 Å². The standard InChI is InChI=1S/C23H21ClN4O4/c1-11(2)31-23-17(24)8-14(10-25-23)22-27-21(28-32-22)13-4-6-18-16(7-13)15-5-3-12(9-19(29)30)20(15)26-18/h4,6-8,10-12,26H,3,5,9H2,1-2H3,(H,29,30). The molecular weight excluding hydrogens is 432 g/mol. The van der Waals surface area contributed by atoms with Crippen LogP contribution in [0.4, 0.5) is 0 Å². The molecule has 1 aliphatic rings. The molecule has 0 saturated heterocycles. The molecule has 8 nitrogen and oxygen atoms in total. The number of rotatable bonds is 6. The highest BCUT2D eigenvalue weighted by Gasteiger charge is 2.28. The molecule has 5 rings (SSSR count). The van der Waals surface area contributed by atoms with Gasteiger partial charge in [0.2, 0.25) is 11.7 Å². The molecule has 9 heteroatoms. The number of nitrogens with one attached hydrogen (secondary N) is 1. The van der Waals surface area contributed by atoms with Crippen molar-refractivity contribution in [2.45, 2.75) is 45.1 Å². The molecule has 0 fully saturated rings. The fraction of sp³-hybridized carbons (Fsp3) is 0.304. The van der Waals surface area contributed by atoms with E-state index in [1.807, 2.05) is 32.0 Å². The number of H-pyrrole nitrogens is 1. The van der Waals surface area contributed by atoms with Crippen molar-refractivity contribution >= 4 is 28.5 Å². The van der Waals surface area contributed by atoms with Crippen LogP contribution in [0.15, 0.2) is 35.0 Å². The number of carboxylic acid groups (broad SMARTS) is 1. The van der Waals surface area contributed by atoms with Gasteiger partial charge in [0.25, 0.3) is 5.89 Å². The van der Waals surface area contributed by atoms with E-state index in [0.29, 0.717) is 28.2 Å². The minimum Gasteiger partial charge on any atom is -0.481 e. The highest BCUT2D eigenvalue weighted by molar-refractivity contribution is 6.32. The van der Waals surface area contributed by atoms with Gasteiger partial charge in [-0.2, -0.15) is 4.98 Å². The number of ether oxygens (including phenoxy) is 1. The fourth-order valence-corrected chi connectivity index (χ4v) is 4.42. The van der Waals surface area contributed by atoms with E-state index >= 15 is 0 Å². The van der Waals surface area contributed by atoms with Crippen LogP contribution < -0.4 is 4.74 Å². The summed E-state index contributed by atoms with van der Waals surface area (Å²) in [6.45, 7) is 3.80. The predicted octanol–water partition coefficient (Wildman–Crippen LogP) is 5.23. The van der Waals surface area contributed by atoms with Crippen molar-refractivity contribution in [3.05, 3.63) is 46.7 Å². The second-order valence-electron chi connectivity index (χ2n) is 8.21. The van der Waals surface area contributed by atoms with Crippen LogP contribution in [0.2, 0.25) is 5.02 Å². The Labute approximate surface area is 188 Å². The zero-order valence-electron chi connectivity index (χ0n) is 17.6. The monoisotopic (exact) mass is 452 g/mol. The summed E-state index contributed by atoms with van der Waals surface area (Å²) in [6, 6.07) is 7.59. The Kier molecular flexibility index (Phi) is 5.09. The minimum atomic E-state index is -0.778. The first kappa shape index (κ1) is 20.5. The molecule has 3 heterocycles. The number of pyridine rings is 1. The number of halogens is 1. The SMILES string of the molecule is CC(C)Oc1ncc(-c2nc(-c3ccc4[nH]c5c(c4c3)CCC5CC(=O)O)no2)cc1Cl. The maximum absolute atomic E-state index is 11.2.